The fourth-order valence-electron chi connectivity index (χ4n) is 1.79. The highest BCUT2D eigenvalue weighted by molar-refractivity contribution is 9.10. The number of carbonyl (C=O) groups is 1. The minimum atomic E-state index is -0.951. The smallest absolute Gasteiger partial charge is 0.184 e. The van der Waals surface area contributed by atoms with E-state index < -0.39 is 17.5 Å². The SMILES string of the molecule is N#CC(C(=O)c1ccc(Br)c(F)c1)c1cccc(Br)c1. The topological polar surface area (TPSA) is 40.9 Å². The normalized spacial score (nSPS) is 11.7. The molecule has 100 valence electrons. The molecule has 1 unspecified atom stereocenters. The molecule has 20 heavy (non-hydrogen) atoms. The van der Waals surface area contributed by atoms with Gasteiger partial charge in [0.2, 0.25) is 0 Å². The Kier molecular flexibility index (Phi) is 4.69. The molecule has 0 saturated heterocycles. The van der Waals surface area contributed by atoms with Gasteiger partial charge in [-0.25, -0.2) is 4.39 Å². The molecule has 0 fully saturated rings. The number of hydrogen-bond acceptors (Lipinski definition) is 2. The average Bonchev–Trinajstić information content (AvgIpc) is 2.42. The lowest BCUT2D eigenvalue weighted by Gasteiger charge is -2.09. The second kappa shape index (κ2) is 6.29. The lowest BCUT2D eigenvalue weighted by atomic mass is 9.92. The van der Waals surface area contributed by atoms with E-state index in [4.69, 9.17) is 0 Å². The molecule has 0 spiro atoms. The van der Waals surface area contributed by atoms with E-state index in [9.17, 15) is 14.4 Å². The first kappa shape index (κ1) is 14.9. The summed E-state index contributed by atoms with van der Waals surface area (Å²) in [6.07, 6.45) is 0. The van der Waals surface area contributed by atoms with Crippen LogP contribution in [0.1, 0.15) is 21.8 Å². The predicted octanol–water partition coefficient (Wildman–Crippen LogP) is 4.84. The molecule has 0 heterocycles. The zero-order chi connectivity index (χ0) is 14.7. The van der Waals surface area contributed by atoms with E-state index in [1.54, 1.807) is 18.2 Å². The minimum Gasteiger partial charge on any atom is -0.292 e. The Labute approximate surface area is 132 Å². The predicted molar refractivity (Wildman–Crippen MR) is 80.9 cm³/mol. The van der Waals surface area contributed by atoms with Crippen LogP contribution in [0.15, 0.2) is 51.4 Å². The largest absolute Gasteiger partial charge is 0.292 e. The van der Waals surface area contributed by atoms with Gasteiger partial charge in [0.1, 0.15) is 11.7 Å². The van der Waals surface area contributed by atoms with Crippen molar-refractivity contribution in [2.24, 2.45) is 0 Å². The summed E-state index contributed by atoms with van der Waals surface area (Å²) in [5.41, 5.74) is 0.757. The molecule has 0 amide bonds. The fourth-order valence-corrected chi connectivity index (χ4v) is 2.45. The molecule has 0 aliphatic carbocycles. The number of benzene rings is 2. The standard InChI is InChI=1S/C15H8Br2FNO/c16-11-3-1-2-9(6-11)12(8-19)15(20)10-4-5-13(17)14(18)7-10/h1-7,12H. The van der Waals surface area contributed by atoms with Gasteiger partial charge in [-0.2, -0.15) is 5.26 Å². The third-order valence-electron chi connectivity index (χ3n) is 2.78. The van der Waals surface area contributed by atoms with Gasteiger partial charge in [-0.05, 0) is 45.8 Å². The van der Waals surface area contributed by atoms with Crippen LogP contribution in [0.2, 0.25) is 0 Å². The van der Waals surface area contributed by atoms with Crippen molar-refractivity contribution < 1.29 is 9.18 Å². The Balaban J connectivity index is 2.39. The molecule has 0 aromatic heterocycles. The van der Waals surface area contributed by atoms with E-state index in [0.29, 0.717) is 5.56 Å². The van der Waals surface area contributed by atoms with Gasteiger partial charge in [0.15, 0.2) is 5.78 Å². The zero-order valence-electron chi connectivity index (χ0n) is 10.1. The van der Waals surface area contributed by atoms with Crippen LogP contribution in [0.3, 0.4) is 0 Å². The van der Waals surface area contributed by atoms with Crippen molar-refractivity contribution in [1.29, 1.82) is 5.26 Å². The molecule has 5 heteroatoms. The molecule has 0 aliphatic heterocycles. The molecule has 2 rings (SSSR count). The Hall–Kier alpha value is -1.51. The number of hydrogen-bond donors (Lipinski definition) is 0. The Morgan fingerprint density at radius 3 is 2.55 bits per heavy atom. The van der Waals surface area contributed by atoms with Crippen molar-refractivity contribution in [3.8, 4) is 6.07 Å². The zero-order valence-corrected chi connectivity index (χ0v) is 13.3. The quantitative estimate of drug-likeness (QED) is 0.696. The van der Waals surface area contributed by atoms with Gasteiger partial charge in [0, 0.05) is 10.0 Å². The summed E-state index contributed by atoms with van der Waals surface area (Å²) in [4.78, 5) is 12.3. The number of Topliss-reactive ketones (excluding diaryl/α,β-unsaturated/α-hetero) is 1. The number of nitriles is 1. The molecule has 0 aliphatic rings. The molecular weight excluding hydrogens is 389 g/mol. The molecular formula is C15H8Br2FNO. The maximum absolute atomic E-state index is 13.5. The van der Waals surface area contributed by atoms with Crippen LogP contribution in [-0.2, 0) is 0 Å². The Morgan fingerprint density at radius 2 is 1.95 bits per heavy atom. The monoisotopic (exact) mass is 395 g/mol. The summed E-state index contributed by atoms with van der Waals surface area (Å²) in [7, 11) is 0. The lowest BCUT2D eigenvalue weighted by Crippen LogP contribution is -2.11. The van der Waals surface area contributed by atoms with Crippen molar-refractivity contribution >= 4 is 37.6 Å². The van der Waals surface area contributed by atoms with Gasteiger partial charge >= 0.3 is 0 Å². The number of ketones is 1. The Bertz CT molecular complexity index is 709. The molecule has 2 aromatic carbocycles. The first-order valence-electron chi connectivity index (χ1n) is 5.67. The highest BCUT2D eigenvalue weighted by Crippen LogP contribution is 2.25. The van der Waals surface area contributed by atoms with Gasteiger partial charge < -0.3 is 0 Å². The van der Waals surface area contributed by atoms with E-state index >= 15 is 0 Å². The summed E-state index contributed by atoms with van der Waals surface area (Å²) in [5.74, 6) is -1.90. The molecule has 0 bridgehead atoms. The average molecular weight is 397 g/mol. The Morgan fingerprint density at radius 1 is 1.20 bits per heavy atom. The number of rotatable bonds is 3. The van der Waals surface area contributed by atoms with Gasteiger partial charge in [-0.1, -0.05) is 34.1 Å². The van der Waals surface area contributed by atoms with Gasteiger partial charge in [0.25, 0.3) is 0 Å². The highest BCUT2D eigenvalue weighted by Gasteiger charge is 2.22. The summed E-state index contributed by atoms with van der Waals surface area (Å²) >= 11 is 6.33. The molecule has 0 saturated carbocycles. The van der Waals surface area contributed by atoms with Crippen molar-refractivity contribution in [2.45, 2.75) is 5.92 Å². The second-order valence-electron chi connectivity index (χ2n) is 4.11. The van der Waals surface area contributed by atoms with E-state index in [0.717, 1.165) is 10.5 Å². The first-order valence-corrected chi connectivity index (χ1v) is 7.26. The van der Waals surface area contributed by atoms with Crippen LogP contribution in [0, 0.1) is 17.1 Å². The lowest BCUT2D eigenvalue weighted by molar-refractivity contribution is 0.0978. The van der Waals surface area contributed by atoms with E-state index in [1.165, 1.54) is 12.1 Å². The summed E-state index contributed by atoms with van der Waals surface area (Å²) in [6.45, 7) is 0. The third-order valence-corrected chi connectivity index (χ3v) is 3.91. The van der Waals surface area contributed by atoms with Crippen LogP contribution in [0.5, 0.6) is 0 Å². The molecule has 1 atom stereocenters. The fraction of sp³-hybridized carbons (Fsp3) is 0.0667. The van der Waals surface area contributed by atoms with Crippen molar-refractivity contribution in [3.05, 3.63) is 68.4 Å². The van der Waals surface area contributed by atoms with E-state index in [-0.39, 0.29) is 10.0 Å². The van der Waals surface area contributed by atoms with Gasteiger partial charge in [-0.3, -0.25) is 4.79 Å². The van der Waals surface area contributed by atoms with Crippen molar-refractivity contribution in [2.75, 3.05) is 0 Å². The van der Waals surface area contributed by atoms with Crippen LogP contribution >= 0.6 is 31.9 Å². The van der Waals surface area contributed by atoms with E-state index in [1.807, 2.05) is 12.1 Å². The van der Waals surface area contributed by atoms with Crippen LogP contribution in [-0.4, -0.2) is 5.78 Å². The summed E-state index contributed by atoms with van der Waals surface area (Å²) in [6, 6.07) is 13.0. The number of carbonyl (C=O) groups excluding carboxylic acids is 1. The molecule has 2 nitrogen and oxygen atoms in total. The van der Waals surface area contributed by atoms with E-state index in [2.05, 4.69) is 31.9 Å². The summed E-state index contributed by atoms with van der Waals surface area (Å²) < 4.78 is 14.5. The minimum absolute atomic E-state index is 0.178. The molecule has 0 radical (unpaired) electrons. The summed E-state index contributed by atoms with van der Waals surface area (Å²) in [5, 5.41) is 9.24. The number of halogens is 3. The van der Waals surface area contributed by atoms with Crippen molar-refractivity contribution in [3.63, 3.8) is 0 Å². The van der Waals surface area contributed by atoms with Gasteiger partial charge in [-0.15, -0.1) is 0 Å². The first-order chi connectivity index (χ1) is 9.52. The second-order valence-corrected chi connectivity index (χ2v) is 5.88. The molecule has 2 aromatic rings. The molecule has 0 N–H and O–H groups in total. The van der Waals surface area contributed by atoms with Crippen LogP contribution in [0.25, 0.3) is 0 Å². The van der Waals surface area contributed by atoms with Crippen LogP contribution < -0.4 is 0 Å². The maximum Gasteiger partial charge on any atom is 0.184 e. The van der Waals surface area contributed by atoms with Gasteiger partial charge in [0.05, 0.1) is 10.5 Å². The number of nitrogens with zero attached hydrogens (tertiary/aromatic N) is 1. The highest BCUT2D eigenvalue weighted by atomic mass is 79.9. The third kappa shape index (κ3) is 3.14. The van der Waals surface area contributed by atoms with Crippen LogP contribution in [0.4, 0.5) is 4.39 Å². The van der Waals surface area contributed by atoms with Crippen molar-refractivity contribution in [1.82, 2.24) is 0 Å². The maximum atomic E-state index is 13.5.